The van der Waals surface area contributed by atoms with Crippen LogP contribution in [0, 0.1) is 0 Å². The van der Waals surface area contributed by atoms with E-state index in [9.17, 15) is 4.39 Å². The first kappa shape index (κ1) is 9.85. The lowest BCUT2D eigenvalue weighted by Crippen LogP contribution is -2.40. The normalized spacial score (nSPS) is 16.8. The smallest absolute Gasteiger partial charge is 0.113 e. The van der Waals surface area contributed by atoms with Crippen molar-refractivity contribution in [2.45, 2.75) is 25.8 Å². The standard InChI is InChI=1S/C7H16FNO/c1-3-7(2,9)6-10-5-4-8/h3-6,9H2,1-2H3. The van der Waals surface area contributed by atoms with E-state index in [4.69, 9.17) is 10.5 Å². The van der Waals surface area contributed by atoms with Crippen molar-refractivity contribution in [3.8, 4) is 0 Å². The van der Waals surface area contributed by atoms with E-state index in [0.717, 1.165) is 6.42 Å². The van der Waals surface area contributed by atoms with Crippen LogP contribution >= 0.6 is 0 Å². The lowest BCUT2D eigenvalue weighted by atomic mass is 10.0. The highest BCUT2D eigenvalue weighted by molar-refractivity contribution is 4.75. The molecule has 0 aromatic heterocycles. The van der Waals surface area contributed by atoms with Gasteiger partial charge in [0, 0.05) is 5.54 Å². The molecule has 2 N–H and O–H groups in total. The zero-order valence-corrected chi connectivity index (χ0v) is 6.69. The van der Waals surface area contributed by atoms with Gasteiger partial charge in [0.25, 0.3) is 0 Å². The van der Waals surface area contributed by atoms with Gasteiger partial charge >= 0.3 is 0 Å². The second-order valence-corrected chi connectivity index (χ2v) is 2.75. The molecule has 0 rings (SSSR count). The number of halogens is 1. The van der Waals surface area contributed by atoms with Gasteiger partial charge in [0.15, 0.2) is 0 Å². The van der Waals surface area contributed by atoms with Crippen molar-refractivity contribution in [2.75, 3.05) is 19.9 Å². The maximum Gasteiger partial charge on any atom is 0.113 e. The SMILES string of the molecule is CCC(C)(N)COCCF. The molecule has 0 bridgehead atoms. The van der Waals surface area contributed by atoms with E-state index < -0.39 is 6.67 Å². The molecule has 0 amide bonds. The molecule has 2 nitrogen and oxygen atoms in total. The molecule has 0 saturated heterocycles. The summed E-state index contributed by atoms with van der Waals surface area (Å²) in [6, 6.07) is 0. The third-order valence-electron chi connectivity index (χ3n) is 1.46. The zero-order chi connectivity index (χ0) is 8.04. The van der Waals surface area contributed by atoms with Crippen molar-refractivity contribution >= 4 is 0 Å². The van der Waals surface area contributed by atoms with Crippen LogP contribution in [0.5, 0.6) is 0 Å². The molecule has 10 heavy (non-hydrogen) atoms. The number of ether oxygens (including phenoxy) is 1. The van der Waals surface area contributed by atoms with E-state index in [-0.39, 0.29) is 12.1 Å². The summed E-state index contributed by atoms with van der Waals surface area (Å²) >= 11 is 0. The number of alkyl halides is 1. The first-order valence-corrected chi connectivity index (χ1v) is 3.55. The quantitative estimate of drug-likeness (QED) is 0.594. The molecular weight excluding hydrogens is 133 g/mol. The third-order valence-corrected chi connectivity index (χ3v) is 1.46. The summed E-state index contributed by atoms with van der Waals surface area (Å²) in [5.74, 6) is 0. The molecule has 0 aliphatic carbocycles. The van der Waals surface area contributed by atoms with E-state index in [1.807, 2.05) is 13.8 Å². The van der Waals surface area contributed by atoms with Crippen molar-refractivity contribution in [3.63, 3.8) is 0 Å². The summed E-state index contributed by atoms with van der Waals surface area (Å²) in [6.45, 7) is 4.05. The molecule has 0 aromatic carbocycles. The first-order valence-electron chi connectivity index (χ1n) is 3.55. The van der Waals surface area contributed by atoms with Crippen molar-refractivity contribution in [3.05, 3.63) is 0 Å². The maximum absolute atomic E-state index is 11.5. The molecule has 1 atom stereocenters. The Bertz CT molecular complexity index is 85.7. The summed E-state index contributed by atoms with van der Waals surface area (Å²) in [5, 5.41) is 0. The van der Waals surface area contributed by atoms with Crippen LogP contribution < -0.4 is 5.73 Å². The average Bonchev–Trinajstić information content (AvgIpc) is 1.89. The monoisotopic (exact) mass is 149 g/mol. The Balaban J connectivity index is 3.28. The molecule has 0 spiro atoms. The molecule has 1 unspecified atom stereocenters. The van der Waals surface area contributed by atoms with Gasteiger partial charge in [-0.25, -0.2) is 4.39 Å². The van der Waals surface area contributed by atoms with Gasteiger partial charge in [0.2, 0.25) is 0 Å². The third kappa shape index (κ3) is 4.70. The summed E-state index contributed by atoms with van der Waals surface area (Å²) in [4.78, 5) is 0. The van der Waals surface area contributed by atoms with E-state index in [1.165, 1.54) is 0 Å². The van der Waals surface area contributed by atoms with Crippen molar-refractivity contribution in [1.29, 1.82) is 0 Å². The summed E-state index contributed by atoms with van der Waals surface area (Å²) < 4.78 is 16.4. The first-order chi connectivity index (χ1) is 4.62. The summed E-state index contributed by atoms with van der Waals surface area (Å²) in [5.41, 5.74) is 5.41. The Kier molecular flexibility index (Phi) is 4.56. The Labute approximate surface area is 61.5 Å². The van der Waals surface area contributed by atoms with Crippen LogP contribution in [-0.4, -0.2) is 25.4 Å². The molecule has 0 heterocycles. The van der Waals surface area contributed by atoms with Gasteiger partial charge in [0.1, 0.15) is 6.67 Å². The lowest BCUT2D eigenvalue weighted by molar-refractivity contribution is 0.0793. The Hall–Kier alpha value is -0.150. The largest absolute Gasteiger partial charge is 0.377 e. The number of nitrogens with two attached hydrogens (primary N) is 1. The Morgan fingerprint density at radius 2 is 2.20 bits per heavy atom. The van der Waals surface area contributed by atoms with E-state index in [0.29, 0.717) is 6.61 Å². The molecule has 62 valence electrons. The fourth-order valence-electron chi connectivity index (χ4n) is 0.462. The van der Waals surface area contributed by atoms with Crippen LogP contribution in [0.25, 0.3) is 0 Å². The Morgan fingerprint density at radius 1 is 1.60 bits per heavy atom. The molecule has 0 aliphatic rings. The maximum atomic E-state index is 11.5. The van der Waals surface area contributed by atoms with Crippen molar-refractivity contribution < 1.29 is 9.13 Å². The molecule has 0 fully saturated rings. The molecule has 0 aliphatic heterocycles. The van der Waals surface area contributed by atoms with Crippen LogP contribution in [0.3, 0.4) is 0 Å². The second kappa shape index (κ2) is 4.63. The number of rotatable bonds is 5. The zero-order valence-electron chi connectivity index (χ0n) is 6.69. The molecular formula is C7H16FNO. The van der Waals surface area contributed by atoms with Crippen LogP contribution in [-0.2, 0) is 4.74 Å². The fraction of sp³-hybridized carbons (Fsp3) is 1.00. The second-order valence-electron chi connectivity index (χ2n) is 2.75. The van der Waals surface area contributed by atoms with Gasteiger partial charge in [-0.15, -0.1) is 0 Å². The molecule has 0 radical (unpaired) electrons. The highest BCUT2D eigenvalue weighted by Crippen LogP contribution is 2.04. The van der Waals surface area contributed by atoms with Crippen LogP contribution in [0.1, 0.15) is 20.3 Å². The number of hydrogen-bond acceptors (Lipinski definition) is 2. The van der Waals surface area contributed by atoms with E-state index in [2.05, 4.69) is 0 Å². The van der Waals surface area contributed by atoms with Crippen molar-refractivity contribution in [2.24, 2.45) is 5.73 Å². The van der Waals surface area contributed by atoms with Crippen molar-refractivity contribution in [1.82, 2.24) is 0 Å². The van der Waals surface area contributed by atoms with Gasteiger partial charge in [-0.2, -0.15) is 0 Å². The van der Waals surface area contributed by atoms with Crippen LogP contribution in [0.15, 0.2) is 0 Å². The minimum atomic E-state index is -0.431. The highest BCUT2D eigenvalue weighted by Gasteiger charge is 2.14. The minimum absolute atomic E-state index is 0.160. The average molecular weight is 149 g/mol. The highest BCUT2D eigenvalue weighted by atomic mass is 19.1. The summed E-state index contributed by atoms with van der Waals surface area (Å²) in [7, 11) is 0. The van der Waals surface area contributed by atoms with E-state index >= 15 is 0 Å². The van der Waals surface area contributed by atoms with Gasteiger partial charge < -0.3 is 10.5 Å². The van der Waals surface area contributed by atoms with Gasteiger partial charge in [-0.3, -0.25) is 0 Å². The molecule has 3 heteroatoms. The fourth-order valence-corrected chi connectivity index (χ4v) is 0.462. The predicted octanol–water partition coefficient (Wildman–Crippen LogP) is 1.10. The minimum Gasteiger partial charge on any atom is -0.377 e. The molecule has 0 aromatic rings. The van der Waals surface area contributed by atoms with Crippen LogP contribution in [0.2, 0.25) is 0 Å². The van der Waals surface area contributed by atoms with Crippen LogP contribution in [0.4, 0.5) is 4.39 Å². The van der Waals surface area contributed by atoms with E-state index in [1.54, 1.807) is 0 Å². The molecule has 0 saturated carbocycles. The number of hydrogen-bond donors (Lipinski definition) is 1. The van der Waals surface area contributed by atoms with Gasteiger partial charge in [-0.05, 0) is 13.3 Å². The Morgan fingerprint density at radius 3 is 2.60 bits per heavy atom. The topological polar surface area (TPSA) is 35.2 Å². The summed E-state index contributed by atoms with van der Waals surface area (Å²) in [6.07, 6.45) is 0.847. The van der Waals surface area contributed by atoms with Gasteiger partial charge in [-0.1, -0.05) is 6.92 Å². The van der Waals surface area contributed by atoms with Gasteiger partial charge in [0.05, 0.1) is 13.2 Å². The lowest BCUT2D eigenvalue weighted by Gasteiger charge is -2.21. The predicted molar refractivity (Wildman–Crippen MR) is 39.7 cm³/mol.